The van der Waals surface area contributed by atoms with Gasteiger partial charge in [0.25, 0.3) is 0 Å². The van der Waals surface area contributed by atoms with Gasteiger partial charge >= 0.3 is 0 Å². The van der Waals surface area contributed by atoms with Gasteiger partial charge < -0.3 is 10.3 Å². The van der Waals surface area contributed by atoms with Crippen LogP contribution in [0.3, 0.4) is 0 Å². The number of hydrogen-bond donors (Lipinski definition) is 2. The Morgan fingerprint density at radius 2 is 2.17 bits per heavy atom. The number of hydrogen-bond acceptors (Lipinski definition) is 2. The number of benzene rings is 1. The minimum absolute atomic E-state index is 0.136. The number of rotatable bonds is 3. The third kappa shape index (κ3) is 3.02. The summed E-state index contributed by atoms with van der Waals surface area (Å²) in [6.45, 7) is 1.83. The summed E-state index contributed by atoms with van der Waals surface area (Å²) >= 11 is 17.0. The summed E-state index contributed by atoms with van der Waals surface area (Å²) in [6, 6.07) is 5.34. The molecule has 0 amide bonds. The maximum atomic E-state index is 6.04. The molecule has 0 bridgehead atoms. The van der Waals surface area contributed by atoms with Gasteiger partial charge in [-0.25, -0.2) is 4.98 Å². The van der Waals surface area contributed by atoms with E-state index in [1.165, 1.54) is 0 Å². The first-order valence-electron chi connectivity index (χ1n) is 5.28. The van der Waals surface area contributed by atoms with E-state index in [-0.39, 0.29) is 6.04 Å². The van der Waals surface area contributed by atoms with E-state index in [0.29, 0.717) is 15.0 Å². The minimum Gasteiger partial charge on any atom is -0.367 e. The van der Waals surface area contributed by atoms with Crippen LogP contribution in [0.2, 0.25) is 10.0 Å². The molecule has 94 valence electrons. The standard InChI is InChI=1S/C12H11Cl2N3S/c1-7(18)17-12(11-5-15-6-16-11)8-2-3-9(13)10(14)4-8/h2-6,12H,1H3,(H,15,16)(H,17,18). The minimum atomic E-state index is -0.136. The van der Waals surface area contributed by atoms with Gasteiger partial charge in [-0.05, 0) is 24.6 Å². The normalized spacial score (nSPS) is 12.2. The molecule has 2 N–H and O–H groups in total. The highest BCUT2D eigenvalue weighted by atomic mass is 35.5. The second-order valence-corrected chi connectivity index (χ2v) is 5.23. The van der Waals surface area contributed by atoms with Crippen LogP contribution in [0, 0.1) is 0 Å². The summed E-state index contributed by atoms with van der Waals surface area (Å²) in [5, 5.41) is 4.23. The summed E-state index contributed by atoms with van der Waals surface area (Å²) in [5.41, 5.74) is 1.80. The van der Waals surface area contributed by atoms with Crippen molar-refractivity contribution in [3.63, 3.8) is 0 Å². The molecule has 0 fully saturated rings. The Kier molecular flexibility index (Phi) is 4.22. The first-order chi connectivity index (χ1) is 8.58. The number of H-pyrrole nitrogens is 1. The van der Waals surface area contributed by atoms with Gasteiger partial charge in [0, 0.05) is 6.20 Å². The predicted molar refractivity (Wildman–Crippen MR) is 78.3 cm³/mol. The van der Waals surface area contributed by atoms with E-state index >= 15 is 0 Å². The zero-order valence-corrected chi connectivity index (χ0v) is 11.9. The van der Waals surface area contributed by atoms with E-state index in [2.05, 4.69) is 15.3 Å². The van der Waals surface area contributed by atoms with Crippen LogP contribution in [0.1, 0.15) is 24.2 Å². The van der Waals surface area contributed by atoms with Crippen LogP contribution in [-0.2, 0) is 0 Å². The second kappa shape index (κ2) is 5.69. The van der Waals surface area contributed by atoms with Crippen molar-refractivity contribution in [2.45, 2.75) is 13.0 Å². The highest BCUT2D eigenvalue weighted by Crippen LogP contribution is 2.28. The van der Waals surface area contributed by atoms with Crippen LogP contribution in [0.4, 0.5) is 0 Å². The maximum Gasteiger partial charge on any atom is 0.0959 e. The number of aromatic amines is 1. The Hall–Kier alpha value is -1.10. The Morgan fingerprint density at radius 3 is 2.72 bits per heavy atom. The number of aromatic nitrogens is 2. The predicted octanol–water partition coefficient (Wildman–Crippen LogP) is 3.74. The van der Waals surface area contributed by atoms with Crippen molar-refractivity contribution in [2.75, 3.05) is 0 Å². The molecule has 0 saturated heterocycles. The monoisotopic (exact) mass is 299 g/mol. The van der Waals surface area contributed by atoms with E-state index < -0.39 is 0 Å². The Morgan fingerprint density at radius 1 is 1.39 bits per heavy atom. The first kappa shape index (κ1) is 13.3. The Labute approximate surface area is 121 Å². The fourth-order valence-electron chi connectivity index (χ4n) is 1.65. The topological polar surface area (TPSA) is 40.7 Å². The highest BCUT2D eigenvalue weighted by Gasteiger charge is 2.16. The average molecular weight is 300 g/mol. The molecule has 1 aromatic heterocycles. The quantitative estimate of drug-likeness (QED) is 0.848. The Bertz CT molecular complexity index is 554. The first-order valence-corrected chi connectivity index (χ1v) is 6.45. The van der Waals surface area contributed by atoms with E-state index in [4.69, 9.17) is 35.4 Å². The van der Waals surface area contributed by atoms with Crippen LogP contribution in [0.15, 0.2) is 30.7 Å². The summed E-state index contributed by atoms with van der Waals surface area (Å²) in [6.07, 6.45) is 3.44. The summed E-state index contributed by atoms with van der Waals surface area (Å²) < 4.78 is 0. The molecule has 0 aliphatic heterocycles. The highest BCUT2D eigenvalue weighted by molar-refractivity contribution is 7.80. The lowest BCUT2D eigenvalue weighted by Gasteiger charge is -2.18. The molecule has 0 aliphatic rings. The van der Waals surface area contributed by atoms with Crippen LogP contribution >= 0.6 is 35.4 Å². The maximum absolute atomic E-state index is 6.04. The molecule has 0 spiro atoms. The van der Waals surface area contributed by atoms with Crippen molar-refractivity contribution < 1.29 is 0 Å². The largest absolute Gasteiger partial charge is 0.367 e. The summed E-state index contributed by atoms with van der Waals surface area (Å²) in [4.78, 5) is 7.86. The lowest BCUT2D eigenvalue weighted by Crippen LogP contribution is -2.26. The van der Waals surface area contributed by atoms with Gasteiger partial charge in [-0.15, -0.1) is 0 Å². The van der Waals surface area contributed by atoms with Crippen molar-refractivity contribution in [3.8, 4) is 0 Å². The van der Waals surface area contributed by atoms with Crippen LogP contribution < -0.4 is 5.32 Å². The number of nitrogens with one attached hydrogen (secondary N) is 2. The van der Waals surface area contributed by atoms with Crippen molar-refractivity contribution in [2.24, 2.45) is 0 Å². The second-order valence-electron chi connectivity index (χ2n) is 3.80. The molecule has 1 unspecified atom stereocenters. The van der Waals surface area contributed by atoms with Gasteiger partial charge in [-0.2, -0.15) is 0 Å². The molecule has 0 radical (unpaired) electrons. The van der Waals surface area contributed by atoms with Crippen LogP contribution in [0.25, 0.3) is 0 Å². The molecule has 0 saturated carbocycles. The molecule has 3 nitrogen and oxygen atoms in total. The molecular formula is C12H11Cl2N3S. The number of nitrogens with zero attached hydrogens (tertiary/aromatic N) is 1. The Balaban J connectivity index is 2.39. The van der Waals surface area contributed by atoms with Crippen LogP contribution in [-0.4, -0.2) is 15.0 Å². The van der Waals surface area contributed by atoms with E-state index in [1.54, 1.807) is 12.4 Å². The lowest BCUT2D eigenvalue weighted by molar-refractivity contribution is 0.745. The van der Waals surface area contributed by atoms with Gasteiger partial charge in [0.2, 0.25) is 0 Å². The van der Waals surface area contributed by atoms with Gasteiger partial charge in [-0.3, -0.25) is 0 Å². The van der Waals surface area contributed by atoms with Gasteiger partial charge in [0.15, 0.2) is 0 Å². The third-order valence-electron chi connectivity index (χ3n) is 2.44. The number of imidazole rings is 1. The van der Waals surface area contributed by atoms with E-state index in [9.17, 15) is 0 Å². The molecule has 2 rings (SSSR count). The van der Waals surface area contributed by atoms with Crippen molar-refractivity contribution in [1.29, 1.82) is 0 Å². The molecule has 1 aromatic carbocycles. The third-order valence-corrected chi connectivity index (χ3v) is 3.30. The molecule has 1 heterocycles. The van der Waals surface area contributed by atoms with Gasteiger partial charge in [-0.1, -0.05) is 41.5 Å². The molecule has 18 heavy (non-hydrogen) atoms. The van der Waals surface area contributed by atoms with E-state index in [0.717, 1.165) is 11.3 Å². The molecule has 6 heteroatoms. The molecule has 0 aliphatic carbocycles. The summed E-state index contributed by atoms with van der Waals surface area (Å²) in [7, 11) is 0. The number of halogens is 2. The van der Waals surface area contributed by atoms with Crippen LogP contribution in [0.5, 0.6) is 0 Å². The fraction of sp³-hybridized carbons (Fsp3) is 0.167. The van der Waals surface area contributed by atoms with Gasteiger partial charge in [0.05, 0.1) is 33.1 Å². The van der Waals surface area contributed by atoms with Crippen molar-refractivity contribution in [3.05, 3.63) is 52.0 Å². The average Bonchev–Trinajstić information content (AvgIpc) is 2.83. The fourth-order valence-corrected chi connectivity index (χ4v) is 2.08. The smallest absolute Gasteiger partial charge is 0.0959 e. The zero-order valence-electron chi connectivity index (χ0n) is 9.58. The number of thiocarbonyl (C=S) groups is 1. The van der Waals surface area contributed by atoms with E-state index in [1.807, 2.05) is 25.3 Å². The van der Waals surface area contributed by atoms with Gasteiger partial charge in [0.1, 0.15) is 0 Å². The lowest BCUT2D eigenvalue weighted by atomic mass is 10.0. The molecule has 1 atom stereocenters. The molecular weight excluding hydrogens is 289 g/mol. The summed E-state index contributed by atoms with van der Waals surface area (Å²) in [5.74, 6) is 0. The van der Waals surface area contributed by atoms with Crippen molar-refractivity contribution in [1.82, 2.24) is 15.3 Å². The zero-order chi connectivity index (χ0) is 13.1. The molecule has 2 aromatic rings. The SMILES string of the molecule is CC(=S)NC(c1ccc(Cl)c(Cl)c1)c1c[nH]cn1. The van der Waals surface area contributed by atoms with Crippen molar-refractivity contribution >= 4 is 40.4 Å².